The Balaban J connectivity index is 0. The molecule has 0 amide bonds. The number of hydrogen-bond donors (Lipinski definition) is 0. The standard InChI is InChI=1S/Al.2Fe.3O/q;2*+3;3*-2. The molecule has 3 nitrogen and oxygen atoms in total. The zero-order valence-corrected chi connectivity index (χ0v) is 5.87. The van der Waals surface area contributed by atoms with Gasteiger partial charge in [0, 0.05) is 17.4 Å². The van der Waals surface area contributed by atoms with Crippen molar-refractivity contribution in [3.05, 3.63) is 0 Å². The van der Waals surface area contributed by atoms with Crippen LogP contribution in [0.5, 0.6) is 0 Å². The molecule has 0 unspecified atom stereocenters. The molecule has 0 aromatic rings. The summed E-state index contributed by atoms with van der Waals surface area (Å²) in [5, 5.41) is 0. The van der Waals surface area contributed by atoms with Crippen molar-refractivity contribution in [2.24, 2.45) is 0 Å². The molecule has 0 bridgehead atoms. The third-order valence-corrected chi connectivity index (χ3v) is 0. The first kappa shape index (κ1) is 147. The summed E-state index contributed by atoms with van der Waals surface area (Å²) in [7, 11) is 0. The van der Waals surface area contributed by atoms with E-state index < -0.39 is 0 Å². The Morgan fingerprint density at radius 2 is 0.500 bits per heavy atom. The first-order valence-corrected chi connectivity index (χ1v) is 0. The minimum atomic E-state index is 0. The zero-order valence-electron chi connectivity index (χ0n) is 2.51. The van der Waals surface area contributed by atoms with E-state index in [-0.39, 0.29) is 67.9 Å². The first-order chi connectivity index (χ1) is 0. The van der Waals surface area contributed by atoms with Gasteiger partial charge >= 0.3 is 34.1 Å². The maximum atomic E-state index is 0. The molecule has 5 radical (unpaired) electrons. The van der Waals surface area contributed by atoms with Gasteiger partial charge in [-0.15, -0.1) is 0 Å². The Bertz CT molecular complexity index is 8.75. The van der Waals surface area contributed by atoms with E-state index in [0.29, 0.717) is 0 Å². The minimum Gasteiger partial charge on any atom is -2.00 e. The zero-order chi connectivity index (χ0) is 0. The first-order valence-electron chi connectivity index (χ1n) is 0. The van der Waals surface area contributed by atoms with Gasteiger partial charge in [0.1, 0.15) is 0 Å². The van der Waals surface area contributed by atoms with Crippen LogP contribution in [0.25, 0.3) is 0 Å². The average Bonchev–Trinajstić information content (AvgIpc) is 0. The SMILES string of the molecule is [Al].[Fe+3].[Fe+3].[O-2].[O-2].[O-2]. The van der Waals surface area contributed by atoms with Crippen molar-refractivity contribution < 1.29 is 50.6 Å². The monoisotopic (exact) mass is 187 g/mol. The molecule has 0 aromatic carbocycles. The van der Waals surface area contributed by atoms with Crippen LogP contribution in [0.1, 0.15) is 0 Å². The van der Waals surface area contributed by atoms with Crippen molar-refractivity contribution in [3.63, 3.8) is 0 Å². The third-order valence-electron chi connectivity index (χ3n) is 0. The fourth-order valence-corrected chi connectivity index (χ4v) is 0. The van der Waals surface area contributed by atoms with E-state index in [1.807, 2.05) is 0 Å². The van der Waals surface area contributed by atoms with Gasteiger partial charge in [0.05, 0.1) is 0 Å². The van der Waals surface area contributed by atoms with Crippen LogP contribution in [-0.4, -0.2) is 17.4 Å². The number of rotatable bonds is 0. The van der Waals surface area contributed by atoms with Gasteiger partial charge in [0.2, 0.25) is 0 Å². The predicted octanol–water partition coefficient (Wildman–Crippen LogP) is -0.742. The van der Waals surface area contributed by atoms with E-state index in [1.165, 1.54) is 0 Å². The van der Waals surface area contributed by atoms with Crippen LogP contribution in [0.3, 0.4) is 0 Å². The summed E-state index contributed by atoms with van der Waals surface area (Å²) in [4.78, 5) is 0. The smallest absolute Gasteiger partial charge is 2.00 e. The Hall–Kier alpha value is 1.45. The summed E-state index contributed by atoms with van der Waals surface area (Å²) in [6.07, 6.45) is 0. The predicted molar refractivity (Wildman–Crippen MR) is 7.81 cm³/mol. The van der Waals surface area contributed by atoms with E-state index in [0.717, 1.165) is 0 Å². The summed E-state index contributed by atoms with van der Waals surface area (Å²) in [6, 6.07) is 0. The van der Waals surface area contributed by atoms with Crippen LogP contribution in [-0.2, 0) is 50.6 Å². The van der Waals surface area contributed by atoms with Crippen molar-refractivity contribution in [1.82, 2.24) is 0 Å². The van der Waals surface area contributed by atoms with Gasteiger partial charge in [-0.2, -0.15) is 0 Å². The van der Waals surface area contributed by atoms with Crippen LogP contribution < -0.4 is 0 Å². The van der Waals surface area contributed by atoms with E-state index in [2.05, 4.69) is 0 Å². The molecule has 0 saturated heterocycles. The molecule has 0 aliphatic heterocycles. The molecule has 0 spiro atoms. The molecule has 0 rings (SSSR count). The maximum Gasteiger partial charge on any atom is 3.00 e. The molecule has 0 heterocycles. The summed E-state index contributed by atoms with van der Waals surface area (Å²) in [5.41, 5.74) is 0. The van der Waals surface area contributed by atoms with Gasteiger partial charge < -0.3 is 16.4 Å². The van der Waals surface area contributed by atoms with Crippen LogP contribution in [0.2, 0.25) is 0 Å². The second-order valence-electron chi connectivity index (χ2n) is 0. The topological polar surface area (TPSA) is 85.5 Å². The van der Waals surface area contributed by atoms with E-state index in [4.69, 9.17) is 0 Å². The van der Waals surface area contributed by atoms with Gasteiger partial charge in [-0.1, -0.05) is 0 Å². The van der Waals surface area contributed by atoms with Crippen LogP contribution in [0, 0.1) is 0 Å². The molecule has 0 N–H and O–H groups in total. The van der Waals surface area contributed by atoms with Crippen molar-refractivity contribution in [3.8, 4) is 0 Å². The second kappa shape index (κ2) is 91.0. The molecular weight excluding hydrogens is 187 g/mol. The van der Waals surface area contributed by atoms with Gasteiger partial charge in [-0.3, -0.25) is 0 Å². The summed E-state index contributed by atoms with van der Waals surface area (Å²) >= 11 is 0. The van der Waals surface area contributed by atoms with Crippen molar-refractivity contribution in [2.45, 2.75) is 0 Å². The Morgan fingerprint density at radius 3 is 0.500 bits per heavy atom. The van der Waals surface area contributed by atoms with Gasteiger partial charge in [-0.25, -0.2) is 0 Å². The molecular formula is AlFe2O3. The summed E-state index contributed by atoms with van der Waals surface area (Å²) in [6.45, 7) is 0. The molecule has 0 fully saturated rings. The molecule has 6 heteroatoms. The summed E-state index contributed by atoms with van der Waals surface area (Å²) < 4.78 is 0. The molecule has 0 atom stereocenters. The molecule has 37 valence electrons. The van der Waals surface area contributed by atoms with Crippen molar-refractivity contribution in [2.75, 3.05) is 0 Å². The Kier molecular flexibility index (Phi) is 2230. The molecule has 6 heavy (non-hydrogen) atoms. The van der Waals surface area contributed by atoms with E-state index in [1.54, 1.807) is 0 Å². The normalized spacial score (nSPS) is 0. The van der Waals surface area contributed by atoms with Crippen molar-refractivity contribution >= 4 is 17.4 Å². The quantitative estimate of drug-likeness (QED) is 0.447. The molecule has 0 saturated carbocycles. The largest absolute Gasteiger partial charge is 3.00 e. The fraction of sp³-hybridized carbons (Fsp3) is 0. The van der Waals surface area contributed by atoms with Crippen LogP contribution >= 0.6 is 0 Å². The van der Waals surface area contributed by atoms with Gasteiger partial charge in [0.15, 0.2) is 0 Å². The van der Waals surface area contributed by atoms with Crippen LogP contribution in [0.4, 0.5) is 0 Å². The third kappa shape index (κ3) is 51.3. The Morgan fingerprint density at radius 1 is 0.500 bits per heavy atom. The van der Waals surface area contributed by atoms with E-state index >= 15 is 0 Å². The average molecular weight is 187 g/mol. The van der Waals surface area contributed by atoms with Gasteiger partial charge in [0.25, 0.3) is 0 Å². The minimum absolute atomic E-state index is 0. The molecule has 0 aromatic heterocycles. The van der Waals surface area contributed by atoms with Gasteiger partial charge in [-0.05, 0) is 0 Å². The molecule has 0 aliphatic carbocycles. The van der Waals surface area contributed by atoms with E-state index in [9.17, 15) is 0 Å². The maximum absolute atomic E-state index is 0. The second-order valence-corrected chi connectivity index (χ2v) is 0. The fourth-order valence-electron chi connectivity index (χ4n) is 0. The van der Waals surface area contributed by atoms with Crippen molar-refractivity contribution in [1.29, 1.82) is 0 Å². The molecule has 0 aliphatic rings. The van der Waals surface area contributed by atoms with Crippen LogP contribution in [0.15, 0.2) is 0 Å². The number of hydrogen-bond acceptors (Lipinski definition) is 0. The Labute approximate surface area is 67.9 Å². The summed E-state index contributed by atoms with van der Waals surface area (Å²) in [5.74, 6) is 0.